The largest absolute Gasteiger partial charge is 0.322 e. The number of halogens is 1. The molecular formula is C22H20ClN3O2. The van der Waals surface area contributed by atoms with Crippen LogP contribution in [0, 0.1) is 20.8 Å². The van der Waals surface area contributed by atoms with E-state index in [0.717, 1.165) is 16.7 Å². The minimum absolute atomic E-state index is 0.143. The van der Waals surface area contributed by atoms with Gasteiger partial charge in [0.05, 0.1) is 0 Å². The molecule has 1 aromatic heterocycles. The molecule has 142 valence electrons. The third-order valence-electron chi connectivity index (χ3n) is 4.16. The molecule has 2 amide bonds. The maximum atomic E-state index is 12.6. The summed E-state index contributed by atoms with van der Waals surface area (Å²) in [5, 5.41) is 6.16. The number of aryl methyl sites for hydroxylation is 3. The molecule has 1 heterocycles. The van der Waals surface area contributed by atoms with Crippen molar-refractivity contribution in [1.29, 1.82) is 0 Å². The summed E-state index contributed by atoms with van der Waals surface area (Å²) in [6.07, 6.45) is 1.44. The number of benzene rings is 2. The van der Waals surface area contributed by atoms with E-state index in [9.17, 15) is 9.59 Å². The van der Waals surface area contributed by atoms with Gasteiger partial charge in [-0.05, 0) is 73.9 Å². The van der Waals surface area contributed by atoms with E-state index in [4.69, 9.17) is 11.6 Å². The first-order valence-electron chi connectivity index (χ1n) is 8.75. The predicted octanol–water partition coefficient (Wildman–Crippen LogP) is 5.16. The number of carbonyl (C=O) groups is 2. The molecule has 0 unspecified atom stereocenters. The van der Waals surface area contributed by atoms with Gasteiger partial charge in [-0.15, -0.1) is 0 Å². The van der Waals surface area contributed by atoms with Gasteiger partial charge in [0.15, 0.2) is 0 Å². The number of pyridine rings is 1. The first-order chi connectivity index (χ1) is 13.3. The van der Waals surface area contributed by atoms with Crippen molar-refractivity contribution in [3.8, 4) is 0 Å². The Bertz CT molecular complexity index is 1040. The Kier molecular flexibility index (Phi) is 5.76. The van der Waals surface area contributed by atoms with Crippen molar-refractivity contribution in [1.82, 2.24) is 4.98 Å². The average Bonchev–Trinajstić information content (AvgIpc) is 2.64. The molecule has 0 spiro atoms. The molecule has 0 saturated carbocycles. The molecule has 5 nitrogen and oxygen atoms in total. The second kappa shape index (κ2) is 8.23. The highest BCUT2D eigenvalue weighted by molar-refractivity contribution is 6.31. The van der Waals surface area contributed by atoms with Crippen LogP contribution in [0.1, 0.15) is 37.5 Å². The second-order valence-corrected chi connectivity index (χ2v) is 7.09. The predicted molar refractivity (Wildman–Crippen MR) is 112 cm³/mol. The molecule has 0 aliphatic heterocycles. The summed E-state index contributed by atoms with van der Waals surface area (Å²) in [7, 11) is 0. The summed E-state index contributed by atoms with van der Waals surface area (Å²) in [6, 6.07) is 14.1. The zero-order chi connectivity index (χ0) is 20.3. The number of carbonyl (C=O) groups excluding carboxylic acids is 2. The van der Waals surface area contributed by atoms with Crippen LogP contribution in [-0.2, 0) is 0 Å². The van der Waals surface area contributed by atoms with Crippen LogP contribution in [0.5, 0.6) is 0 Å². The van der Waals surface area contributed by atoms with Crippen molar-refractivity contribution in [2.45, 2.75) is 20.8 Å². The van der Waals surface area contributed by atoms with Gasteiger partial charge in [0.2, 0.25) is 0 Å². The maximum Gasteiger partial charge on any atom is 0.274 e. The number of nitrogens with zero attached hydrogens (tertiary/aromatic N) is 1. The average molecular weight is 394 g/mol. The number of anilines is 2. The van der Waals surface area contributed by atoms with Gasteiger partial charge in [0, 0.05) is 28.2 Å². The lowest BCUT2D eigenvalue weighted by Crippen LogP contribution is -2.17. The van der Waals surface area contributed by atoms with Gasteiger partial charge in [-0.1, -0.05) is 23.7 Å². The van der Waals surface area contributed by atoms with E-state index in [-0.39, 0.29) is 11.6 Å². The fourth-order valence-corrected chi connectivity index (χ4v) is 2.99. The van der Waals surface area contributed by atoms with Gasteiger partial charge in [0.25, 0.3) is 11.8 Å². The molecule has 0 aliphatic rings. The van der Waals surface area contributed by atoms with Crippen LogP contribution in [0.4, 0.5) is 11.4 Å². The Labute approximate surface area is 168 Å². The minimum atomic E-state index is -0.416. The SMILES string of the molecule is Cc1cc(C)cc(NC(=O)c2ccnc(C(=O)Nc3ccc(C)c(Cl)c3)c2)c1. The topological polar surface area (TPSA) is 71.1 Å². The van der Waals surface area contributed by atoms with Crippen LogP contribution >= 0.6 is 11.6 Å². The molecule has 0 fully saturated rings. The molecule has 0 saturated heterocycles. The molecule has 28 heavy (non-hydrogen) atoms. The van der Waals surface area contributed by atoms with Crippen LogP contribution in [0.25, 0.3) is 0 Å². The first-order valence-corrected chi connectivity index (χ1v) is 9.13. The van der Waals surface area contributed by atoms with E-state index in [1.807, 2.05) is 45.0 Å². The number of hydrogen-bond donors (Lipinski definition) is 2. The summed E-state index contributed by atoms with van der Waals surface area (Å²) in [5.41, 5.74) is 4.80. The Balaban J connectivity index is 1.76. The molecule has 3 rings (SSSR count). The highest BCUT2D eigenvalue weighted by Gasteiger charge is 2.13. The molecule has 2 N–H and O–H groups in total. The Morgan fingerprint density at radius 3 is 2.18 bits per heavy atom. The van der Waals surface area contributed by atoms with Gasteiger partial charge in [-0.2, -0.15) is 0 Å². The molecule has 0 bridgehead atoms. The number of nitrogens with one attached hydrogen (secondary N) is 2. The van der Waals surface area contributed by atoms with Gasteiger partial charge in [-0.25, -0.2) is 0 Å². The van der Waals surface area contributed by atoms with Crippen molar-refractivity contribution in [3.63, 3.8) is 0 Å². The van der Waals surface area contributed by atoms with Crippen molar-refractivity contribution in [3.05, 3.63) is 87.7 Å². The van der Waals surface area contributed by atoms with E-state index in [1.54, 1.807) is 18.2 Å². The van der Waals surface area contributed by atoms with Crippen LogP contribution in [0.3, 0.4) is 0 Å². The van der Waals surface area contributed by atoms with E-state index < -0.39 is 5.91 Å². The zero-order valence-electron chi connectivity index (χ0n) is 15.8. The van der Waals surface area contributed by atoms with Gasteiger partial charge in [-0.3, -0.25) is 14.6 Å². The van der Waals surface area contributed by atoms with Crippen molar-refractivity contribution in [2.75, 3.05) is 10.6 Å². The Hall–Kier alpha value is -3.18. The van der Waals surface area contributed by atoms with Crippen LogP contribution in [0.15, 0.2) is 54.7 Å². The summed E-state index contributed by atoms with van der Waals surface area (Å²) < 4.78 is 0. The normalized spacial score (nSPS) is 10.4. The van der Waals surface area contributed by atoms with E-state index >= 15 is 0 Å². The quantitative estimate of drug-likeness (QED) is 0.642. The molecule has 0 radical (unpaired) electrons. The Morgan fingerprint density at radius 1 is 0.821 bits per heavy atom. The van der Waals surface area contributed by atoms with Crippen LogP contribution in [-0.4, -0.2) is 16.8 Å². The van der Waals surface area contributed by atoms with Gasteiger partial charge in [0.1, 0.15) is 5.69 Å². The monoisotopic (exact) mass is 393 g/mol. The third kappa shape index (κ3) is 4.75. The summed E-state index contributed by atoms with van der Waals surface area (Å²) in [6.45, 7) is 5.82. The van der Waals surface area contributed by atoms with E-state index in [1.165, 1.54) is 12.3 Å². The van der Waals surface area contributed by atoms with E-state index in [2.05, 4.69) is 15.6 Å². The minimum Gasteiger partial charge on any atom is -0.322 e. The number of rotatable bonds is 4. The molecule has 6 heteroatoms. The summed E-state index contributed by atoms with van der Waals surface area (Å²) in [4.78, 5) is 29.1. The fraction of sp³-hybridized carbons (Fsp3) is 0.136. The molecule has 3 aromatic rings. The molecule has 0 atom stereocenters. The van der Waals surface area contributed by atoms with Crippen molar-refractivity contribution >= 4 is 34.8 Å². The zero-order valence-corrected chi connectivity index (χ0v) is 16.6. The van der Waals surface area contributed by atoms with Gasteiger partial charge < -0.3 is 10.6 Å². The second-order valence-electron chi connectivity index (χ2n) is 6.68. The smallest absolute Gasteiger partial charge is 0.274 e. The summed E-state index contributed by atoms with van der Waals surface area (Å²) in [5.74, 6) is -0.721. The lowest BCUT2D eigenvalue weighted by Gasteiger charge is -2.09. The number of aromatic nitrogens is 1. The fourth-order valence-electron chi connectivity index (χ4n) is 2.81. The van der Waals surface area contributed by atoms with E-state index in [0.29, 0.717) is 22.0 Å². The van der Waals surface area contributed by atoms with Crippen molar-refractivity contribution in [2.24, 2.45) is 0 Å². The summed E-state index contributed by atoms with van der Waals surface area (Å²) >= 11 is 6.09. The highest BCUT2D eigenvalue weighted by atomic mass is 35.5. The van der Waals surface area contributed by atoms with Crippen LogP contribution < -0.4 is 10.6 Å². The molecule has 2 aromatic carbocycles. The molecular weight excluding hydrogens is 374 g/mol. The number of hydrogen-bond acceptors (Lipinski definition) is 3. The highest BCUT2D eigenvalue weighted by Crippen LogP contribution is 2.20. The third-order valence-corrected chi connectivity index (χ3v) is 4.57. The standard InChI is InChI=1S/C22H20ClN3O2/c1-13-8-14(2)10-18(9-13)26-21(27)16-6-7-24-20(11-16)22(28)25-17-5-4-15(3)19(23)12-17/h4-12H,1-3H3,(H,25,28)(H,26,27). The molecule has 0 aliphatic carbocycles. The lowest BCUT2D eigenvalue weighted by molar-refractivity contribution is 0.102. The van der Waals surface area contributed by atoms with Gasteiger partial charge >= 0.3 is 0 Å². The Morgan fingerprint density at radius 2 is 1.50 bits per heavy atom. The lowest BCUT2D eigenvalue weighted by atomic mass is 10.1. The first kappa shape index (κ1) is 19.6. The number of amides is 2. The van der Waals surface area contributed by atoms with Crippen LogP contribution in [0.2, 0.25) is 5.02 Å². The van der Waals surface area contributed by atoms with Crippen molar-refractivity contribution < 1.29 is 9.59 Å². The maximum absolute atomic E-state index is 12.6.